The van der Waals surface area contributed by atoms with E-state index >= 15 is 0 Å². The molecular formula is C28H45N3O3. The van der Waals surface area contributed by atoms with E-state index in [0.717, 1.165) is 31.5 Å². The molecule has 0 atom stereocenters. The molecule has 0 aliphatic heterocycles. The Balaban J connectivity index is 0.000000440. The first-order valence-electron chi connectivity index (χ1n) is 12.6. The van der Waals surface area contributed by atoms with Gasteiger partial charge in [0.1, 0.15) is 5.60 Å². The van der Waals surface area contributed by atoms with E-state index in [4.69, 9.17) is 14.2 Å². The molecule has 1 aromatic heterocycles. The standard InChI is InChI=1S/C22H33N3O.C6H12O2/c1-7-13-25(14-8-2)20-23-19(24-26-20)16-9-10-17-18(15-16)22(5,6)12-11-21(17,3)4;1-5(7)8-6(2,3)4/h9-10,15H,7-8,11-14H2,1-6H3;1-4H3. The zero-order valence-corrected chi connectivity index (χ0v) is 23.0. The number of esters is 1. The summed E-state index contributed by atoms with van der Waals surface area (Å²) < 4.78 is 10.4. The average molecular weight is 472 g/mol. The van der Waals surface area contributed by atoms with Crippen molar-refractivity contribution in [3.63, 3.8) is 0 Å². The van der Waals surface area contributed by atoms with Crippen LogP contribution in [0.5, 0.6) is 0 Å². The van der Waals surface area contributed by atoms with Crippen molar-refractivity contribution in [1.82, 2.24) is 10.1 Å². The largest absolute Gasteiger partial charge is 0.460 e. The van der Waals surface area contributed by atoms with Crippen LogP contribution in [0.2, 0.25) is 0 Å². The predicted octanol–water partition coefficient (Wildman–Crippen LogP) is 7.06. The molecule has 0 saturated heterocycles. The van der Waals surface area contributed by atoms with Crippen molar-refractivity contribution < 1.29 is 14.1 Å². The number of nitrogens with zero attached hydrogens (tertiary/aromatic N) is 3. The van der Waals surface area contributed by atoms with E-state index in [1.165, 1.54) is 30.9 Å². The molecule has 0 saturated carbocycles. The van der Waals surface area contributed by atoms with Gasteiger partial charge in [-0.25, -0.2) is 0 Å². The van der Waals surface area contributed by atoms with Gasteiger partial charge in [-0.2, -0.15) is 4.98 Å². The summed E-state index contributed by atoms with van der Waals surface area (Å²) in [7, 11) is 0. The van der Waals surface area contributed by atoms with Crippen molar-refractivity contribution in [2.75, 3.05) is 18.0 Å². The van der Waals surface area contributed by atoms with Crippen molar-refractivity contribution in [1.29, 1.82) is 0 Å². The van der Waals surface area contributed by atoms with Gasteiger partial charge in [0.25, 0.3) is 0 Å². The summed E-state index contributed by atoms with van der Waals surface area (Å²) >= 11 is 0. The molecule has 0 radical (unpaired) electrons. The summed E-state index contributed by atoms with van der Waals surface area (Å²) in [5, 5.41) is 4.28. The molecule has 1 aliphatic rings. The Morgan fingerprint density at radius 3 is 2.06 bits per heavy atom. The van der Waals surface area contributed by atoms with Gasteiger partial charge in [0.2, 0.25) is 5.82 Å². The molecule has 0 bridgehead atoms. The van der Waals surface area contributed by atoms with Crippen LogP contribution in [0.15, 0.2) is 22.7 Å². The van der Waals surface area contributed by atoms with Gasteiger partial charge in [-0.3, -0.25) is 4.79 Å². The molecule has 1 heterocycles. The Bertz CT molecular complexity index is 948. The molecular weight excluding hydrogens is 426 g/mol. The van der Waals surface area contributed by atoms with Crippen LogP contribution in [0.1, 0.15) is 106 Å². The van der Waals surface area contributed by atoms with E-state index in [2.05, 4.69) is 69.8 Å². The molecule has 6 nitrogen and oxygen atoms in total. The smallest absolute Gasteiger partial charge is 0.324 e. The van der Waals surface area contributed by atoms with Crippen LogP contribution in [-0.2, 0) is 20.4 Å². The number of hydrogen-bond acceptors (Lipinski definition) is 6. The summed E-state index contributed by atoms with van der Waals surface area (Å²) in [6, 6.07) is 7.36. The van der Waals surface area contributed by atoms with Crippen molar-refractivity contribution in [2.45, 2.75) is 111 Å². The Labute approximate surface area is 206 Å². The molecule has 2 aromatic rings. The highest BCUT2D eigenvalue weighted by Crippen LogP contribution is 2.46. The van der Waals surface area contributed by atoms with Gasteiger partial charge < -0.3 is 14.2 Å². The predicted molar refractivity (Wildman–Crippen MR) is 139 cm³/mol. The summed E-state index contributed by atoms with van der Waals surface area (Å²) in [5.74, 6) is 0.469. The Morgan fingerprint density at radius 2 is 1.59 bits per heavy atom. The maximum Gasteiger partial charge on any atom is 0.324 e. The highest BCUT2D eigenvalue weighted by atomic mass is 16.6. The van der Waals surface area contributed by atoms with E-state index in [9.17, 15) is 4.79 Å². The fraction of sp³-hybridized carbons (Fsp3) is 0.679. The number of hydrogen-bond donors (Lipinski definition) is 0. The fourth-order valence-corrected chi connectivity index (χ4v) is 4.46. The second-order valence-electron chi connectivity index (χ2n) is 11.6. The average Bonchev–Trinajstić information content (AvgIpc) is 3.20. The monoisotopic (exact) mass is 471 g/mol. The summed E-state index contributed by atoms with van der Waals surface area (Å²) in [6.07, 6.45) is 4.57. The van der Waals surface area contributed by atoms with E-state index in [0.29, 0.717) is 11.8 Å². The van der Waals surface area contributed by atoms with E-state index in [-0.39, 0.29) is 22.4 Å². The lowest BCUT2D eigenvalue weighted by Gasteiger charge is -2.42. The number of ether oxygens (including phenoxy) is 1. The Kier molecular flexibility index (Phi) is 8.95. The number of aromatic nitrogens is 2. The maximum absolute atomic E-state index is 10.2. The fourth-order valence-electron chi connectivity index (χ4n) is 4.46. The first-order chi connectivity index (χ1) is 15.7. The van der Waals surface area contributed by atoms with Gasteiger partial charge in [-0.1, -0.05) is 58.8 Å². The number of fused-ring (bicyclic) bond motifs is 1. The minimum Gasteiger partial charge on any atom is -0.460 e. The SMILES string of the molecule is CC(=O)OC(C)(C)C.CCCN(CCC)c1nc(-c2ccc3c(c2)C(C)(C)CCC3(C)C)no1. The molecule has 34 heavy (non-hydrogen) atoms. The topological polar surface area (TPSA) is 68.5 Å². The lowest BCUT2D eigenvalue weighted by atomic mass is 9.63. The Hall–Kier alpha value is -2.37. The van der Waals surface area contributed by atoms with Crippen molar-refractivity contribution in [3.05, 3.63) is 29.3 Å². The van der Waals surface area contributed by atoms with E-state index in [1.54, 1.807) is 0 Å². The minimum absolute atomic E-state index is 0.184. The molecule has 1 aromatic carbocycles. The Morgan fingerprint density at radius 1 is 1.03 bits per heavy atom. The van der Waals surface area contributed by atoms with Gasteiger partial charge >= 0.3 is 12.0 Å². The van der Waals surface area contributed by atoms with Crippen LogP contribution in [0, 0.1) is 0 Å². The summed E-state index contributed by atoms with van der Waals surface area (Å²) in [5.41, 5.74) is 4.02. The third kappa shape index (κ3) is 7.31. The van der Waals surface area contributed by atoms with Crippen molar-refractivity contribution in [2.24, 2.45) is 0 Å². The van der Waals surface area contributed by atoms with Gasteiger partial charge in [-0.05, 0) is 74.5 Å². The number of carbonyl (C=O) groups excluding carboxylic acids is 1. The van der Waals surface area contributed by atoms with Crippen LogP contribution in [0.4, 0.5) is 6.01 Å². The van der Waals surface area contributed by atoms with E-state index < -0.39 is 0 Å². The quantitative estimate of drug-likeness (QED) is 0.420. The molecule has 6 heteroatoms. The van der Waals surface area contributed by atoms with Crippen molar-refractivity contribution in [3.8, 4) is 11.4 Å². The number of anilines is 1. The van der Waals surface area contributed by atoms with Gasteiger partial charge in [0.05, 0.1) is 0 Å². The van der Waals surface area contributed by atoms with Gasteiger partial charge in [0, 0.05) is 25.6 Å². The molecule has 0 fully saturated rings. The van der Waals surface area contributed by atoms with Crippen LogP contribution in [0.25, 0.3) is 11.4 Å². The second kappa shape index (κ2) is 10.9. The zero-order chi connectivity index (χ0) is 25.7. The summed E-state index contributed by atoms with van der Waals surface area (Å²) in [4.78, 5) is 17.1. The van der Waals surface area contributed by atoms with E-state index in [1.807, 2.05) is 20.8 Å². The zero-order valence-electron chi connectivity index (χ0n) is 23.0. The number of rotatable bonds is 6. The maximum atomic E-state index is 10.2. The molecule has 0 unspecified atom stereocenters. The highest BCUT2D eigenvalue weighted by molar-refractivity contribution is 5.66. The van der Waals surface area contributed by atoms with Crippen LogP contribution < -0.4 is 4.90 Å². The molecule has 0 spiro atoms. The minimum atomic E-state index is -0.328. The van der Waals surface area contributed by atoms with Crippen LogP contribution >= 0.6 is 0 Å². The van der Waals surface area contributed by atoms with Crippen LogP contribution in [-0.4, -0.2) is 34.8 Å². The molecule has 0 N–H and O–H groups in total. The summed E-state index contributed by atoms with van der Waals surface area (Å²) in [6.45, 7) is 22.6. The third-order valence-electron chi connectivity index (χ3n) is 6.23. The highest BCUT2D eigenvalue weighted by Gasteiger charge is 2.37. The first kappa shape index (κ1) is 27.9. The second-order valence-corrected chi connectivity index (χ2v) is 11.6. The molecule has 0 amide bonds. The molecule has 190 valence electrons. The van der Waals surface area contributed by atoms with Crippen LogP contribution in [0.3, 0.4) is 0 Å². The lowest BCUT2D eigenvalue weighted by molar-refractivity contribution is -0.151. The van der Waals surface area contributed by atoms with Crippen molar-refractivity contribution >= 4 is 12.0 Å². The van der Waals surface area contributed by atoms with Gasteiger partial charge in [0.15, 0.2) is 0 Å². The molecule has 1 aliphatic carbocycles. The normalized spacial score (nSPS) is 16.2. The number of benzene rings is 1. The first-order valence-corrected chi connectivity index (χ1v) is 12.6. The molecule has 3 rings (SSSR count). The number of carbonyl (C=O) groups is 1. The lowest BCUT2D eigenvalue weighted by Crippen LogP contribution is -2.33. The third-order valence-corrected chi connectivity index (χ3v) is 6.23. The van der Waals surface area contributed by atoms with Gasteiger partial charge in [-0.15, -0.1) is 0 Å².